The summed E-state index contributed by atoms with van der Waals surface area (Å²) < 4.78 is 0. The molecule has 1 aliphatic carbocycles. The summed E-state index contributed by atoms with van der Waals surface area (Å²) in [6.45, 7) is 2.65. The minimum absolute atomic E-state index is 0.0972. The van der Waals surface area contributed by atoms with E-state index in [1.807, 2.05) is 25.1 Å². The quantitative estimate of drug-likeness (QED) is 0.336. The van der Waals surface area contributed by atoms with Gasteiger partial charge >= 0.3 is 0 Å². The molecule has 21 heavy (non-hydrogen) atoms. The van der Waals surface area contributed by atoms with E-state index in [0.29, 0.717) is 12.6 Å². The monoisotopic (exact) mass is 291 g/mol. The zero-order valence-electron chi connectivity index (χ0n) is 12.6. The van der Waals surface area contributed by atoms with Crippen molar-refractivity contribution in [3.63, 3.8) is 0 Å². The predicted molar refractivity (Wildman–Crippen MR) is 85.0 cm³/mol. The van der Waals surface area contributed by atoms with Crippen LogP contribution < -0.4 is 10.6 Å². The van der Waals surface area contributed by atoms with Gasteiger partial charge in [-0.05, 0) is 31.9 Å². The minimum Gasteiger partial charge on any atom is -0.409 e. The van der Waals surface area contributed by atoms with Gasteiger partial charge in [0, 0.05) is 23.8 Å². The lowest BCUT2D eigenvalue weighted by Gasteiger charge is -2.37. The zero-order valence-corrected chi connectivity index (χ0v) is 12.6. The predicted octanol–water partition coefficient (Wildman–Crippen LogP) is 2.22. The summed E-state index contributed by atoms with van der Waals surface area (Å²) in [7, 11) is 0. The van der Waals surface area contributed by atoms with Crippen LogP contribution in [0.4, 0.5) is 5.69 Å². The molecular formula is C16H25N3O2. The fourth-order valence-corrected chi connectivity index (χ4v) is 3.16. The third kappa shape index (κ3) is 3.67. The van der Waals surface area contributed by atoms with Crippen molar-refractivity contribution in [3.05, 3.63) is 29.3 Å². The van der Waals surface area contributed by atoms with Gasteiger partial charge in [0.05, 0.1) is 6.61 Å². The van der Waals surface area contributed by atoms with Gasteiger partial charge in [-0.1, -0.05) is 36.0 Å². The van der Waals surface area contributed by atoms with Crippen molar-refractivity contribution in [2.75, 3.05) is 18.1 Å². The topological polar surface area (TPSA) is 82.1 Å². The smallest absolute Gasteiger partial charge is 0.172 e. The Balaban J connectivity index is 2.39. The molecule has 0 saturated heterocycles. The number of anilines is 1. The van der Waals surface area contributed by atoms with E-state index in [1.54, 1.807) is 0 Å². The molecule has 0 bridgehead atoms. The molecule has 5 heteroatoms. The maximum Gasteiger partial charge on any atom is 0.172 e. The normalized spacial score (nSPS) is 17.0. The van der Waals surface area contributed by atoms with Crippen LogP contribution in [0.15, 0.2) is 23.4 Å². The van der Waals surface area contributed by atoms with Crippen molar-refractivity contribution in [3.8, 4) is 0 Å². The molecule has 0 radical (unpaired) electrons. The first kappa shape index (κ1) is 15.6. The number of hydrogen-bond donors (Lipinski definition) is 3. The van der Waals surface area contributed by atoms with Crippen molar-refractivity contribution >= 4 is 11.5 Å². The first-order chi connectivity index (χ1) is 10.2. The number of amidine groups is 1. The van der Waals surface area contributed by atoms with Gasteiger partial charge in [0.2, 0.25) is 0 Å². The fraction of sp³-hybridized carbons (Fsp3) is 0.562. The van der Waals surface area contributed by atoms with Crippen molar-refractivity contribution in [2.24, 2.45) is 10.9 Å². The SMILES string of the molecule is Cc1ccc(N(CCO)C2CCCCC2)c(/C(N)=N/O)c1. The minimum atomic E-state index is 0.0972. The van der Waals surface area contributed by atoms with Gasteiger partial charge in [-0.2, -0.15) is 0 Å². The number of aryl methyl sites for hydroxylation is 1. The third-order valence-corrected chi connectivity index (χ3v) is 4.20. The molecule has 0 spiro atoms. The Labute approximate surface area is 126 Å². The van der Waals surface area contributed by atoms with Crippen molar-refractivity contribution < 1.29 is 10.3 Å². The zero-order chi connectivity index (χ0) is 15.2. The second-order valence-corrected chi connectivity index (χ2v) is 5.71. The molecule has 0 heterocycles. The second kappa shape index (κ2) is 7.31. The van der Waals surface area contributed by atoms with E-state index < -0.39 is 0 Å². The molecule has 0 atom stereocenters. The molecule has 5 nitrogen and oxygen atoms in total. The number of aliphatic hydroxyl groups is 1. The summed E-state index contributed by atoms with van der Waals surface area (Å²) in [6, 6.07) is 6.38. The fourth-order valence-electron chi connectivity index (χ4n) is 3.16. The van der Waals surface area contributed by atoms with Gasteiger partial charge in [0.1, 0.15) is 0 Å². The van der Waals surface area contributed by atoms with E-state index in [2.05, 4.69) is 10.1 Å². The highest BCUT2D eigenvalue weighted by atomic mass is 16.4. The largest absolute Gasteiger partial charge is 0.409 e. The first-order valence-electron chi connectivity index (χ1n) is 7.63. The van der Waals surface area contributed by atoms with Crippen LogP contribution in [0.5, 0.6) is 0 Å². The van der Waals surface area contributed by atoms with Gasteiger partial charge in [0.25, 0.3) is 0 Å². The van der Waals surface area contributed by atoms with Crippen LogP contribution in [0.3, 0.4) is 0 Å². The highest BCUT2D eigenvalue weighted by Crippen LogP contribution is 2.30. The molecular weight excluding hydrogens is 266 g/mol. The maximum absolute atomic E-state index is 9.42. The van der Waals surface area contributed by atoms with Gasteiger partial charge in [-0.3, -0.25) is 0 Å². The van der Waals surface area contributed by atoms with E-state index in [4.69, 9.17) is 10.9 Å². The van der Waals surface area contributed by atoms with Crippen LogP contribution in [-0.2, 0) is 0 Å². The average molecular weight is 291 g/mol. The summed E-state index contributed by atoms with van der Waals surface area (Å²) in [5.41, 5.74) is 8.58. The van der Waals surface area contributed by atoms with Crippen LogP contribution >= 0.6 is 0 Å². The van der Waals surface area contributed by atoms with E-state index in [-0.39, 0.29) is 12.4 Å². The highest BCUT2D eigenvalue weighted by Gasteiger charge is 2.23. The summed E-state index contributed by atoms with van der Waals surface area (Å²) in [5, 5.41) is 21.6. The molecule has 1 fully saturated rings. The summed E-state index contributed by atoms with van der Waals surface area (Å²) in [6.07, 6.45) is 5.98. The molecule has 0 aliphatic heterocycles. The van der Waals surface area contributed by atoms with Crippen molar-refractivity contribution in [2.45, 2.75) is 45.1 Å². The Bertz CT molecular complexity index is 496. The number of rotatable bonds is 5. The van der Waals surface area contributed by atoms with Crippen LogP contribution in [0.25, 0.3) is 0 Å². The molecule has 4 N–H and O–H groups in total. The van der Waals surface area contributed by atoms with E-state index in [9.17, 15) is 5.11 Å². The first-order valence-corrected chi connectivity index (χ1v) is 7.63. The number of oxime groups is 1. The van der Waals surface area contributed by atoms with Gasteiger partial charge < -0.3 is 20.9 Å². The molecule has 116 valence electrons. The number of nitrogens with zero attached hydrogens (tertiary/aromatic N) is 2. The Kier molecular flexibility index (Phi) is 5.44. The lowest BCUT2D eigenvalue weighted by atomic mass is 9.93. The number of aliphatic hydroxyl groups excluding tert-OH is 1. The van der Waals surface area contributed by atoms with E-state index in [0.717, 1.165) is 29.7 Å². The number of hydrogen-bond acceptors (Lipinski definition) is 4. The molecule has 1 aromatic rings. The second-order valence-electron chi connectivity index (χ2n) is 5.71. The van der Waals surface area contributed by atoms with E-state index >= 15 is 0 Å². The van der Waals surface area contributed by atoms with Crippen LogP contribution in [0.1, 0.15) is 43.2 Å². The Morgan fingerprint density at radius 1 is 1.33 bits per heavy atom. The summed E-state index contributed by atoms with van der Waals surface area (Å²) in [4.78, 5) is 2.21. The van der Waals surface area contributed by atoms with Gasteiger partial charge in [-0.25, -0.2) is 0 Å². The highest BCUT2D eigenvalue weighted by molar-refractivity contribution is 6.02. The van der Waals surface area contributed by atoms with Crippen LogP contribution in [0, 0.1) is 6.92 Å². The lowest BCUT2D eigenvalue weighted by Crippen LogP contribution is -2.40. The van der Waals surface area contributed by atoms with Gasteiger partial charge in [-0.15, -0.1) is 0 Å². The molecule has 1 aliphatic rings. The van der Waals surface area contributed by atoms with Crippen LogP contribution in [0.2, 0.25) is 0 Å². The lowest BCUT2D eigenvalue weighted by molar-refractivity contribution is 0.290. The molecule has 1 saturated carbocycles. The molecule has 0 aromatic heterocycles. The number of nitrogens with two attached hydrogens (primary N) is 1. The maximum atomic E-state index is 9.42. The third-order valence-electron chi connectivity index (χ3n) is 4.20. The summed E-state index contributed by atoms with van der Waals surface area (Å²) in [5.74, 6) is 0.118. The summed E-state index contributed by atoms with van der Waals surface area (Å²) >= 11 is 0. The molecule has 2 rings (SSSR count). The number of benzene rings is 1. The Hall–Kier alpha value is -1.75. The molecule has 0 amide bonds. The van der Waals surface area contributed by atoms with Gasteiger partial charge in [0.15, 0.2) is 5.84 Å². The van der Waals surface area contributed by atoms with Crippen molar-refractivity contribution in [1.82, 2.24) is 0 Å². The standard InChI is InChI=1S/C16H25N3O2/c1-12-7-8-15(14(11-12)16(17)18-21)19(9-10-20)13-5-3-2-4-6-13/h7-8,11,13,20-21H,2-6,9-10H2,1H3,(H2,17,18). The van der Waals surface area contributed by atoms with E-state index in [1.165, 1.54) is 19.3 Å². The molecule has 1 aromatic carbocycles. The van der Waals surface area contributed by atoms with Crippen LogP contribution in [-0.4, -0.2) is 35.3 Å². The Morgan fingerprint density at radius 3 is 2.67 bits per heavy atom. The molecule has 0 unspecified atom stereocenters. The van der Waals surface area contributed by atoms with Crippen molar-refractivity contribution in [1.29, 1.82) is 0 Å². The Morgan fingerprint density at radius 2 is 2.05 bits per heavy atom. The average Bonchev–Trinajstić information content (AvgIpc) is 2.53.